The van der Waals surface area contributed by atoms with Crippen LogP contribution >= 0.6 is 0 Å². The number of anilines is 2. The van der Waals surface area contributed by atoms with Crippen LogP contribution in [0.3, 0.4) is 0 Å². The van der Waals surface area contributed by atoms with Gasteiger partial charge in [0.05, 0.1) is 0 Å². The molecule has 0 unspecified atom stereocenters. The highest BCUT2D eigenvalue weighted by molar-refractivity contribution is 6.00. The van der Waals surface area contributed by atoms with Gasteiger partial charge in [-0.15, -0.1) is 0 Å². The molecule has 0 saturated carbocycles. The number of amides is 2. The lowest BCUT2D eigenvalue weighted by Gasteiger charge is -2.19. The molecular formula is C26H29N3O3. The predicted molar refractivity (Wildman–Crippen MR) is 127 cm³/mol. The molecule has 0 spiro atoms. The maximum absolute atomic E-state index is 12.6. The topological polar surface area (TPSA) is 72.5 Å². The van der Waals surface area contributed by atoms with Crippen LogP contribution in [0.15, 0.2) is 60.8 Å². The third-order valence-electron chi connectivity index (χ3n) is 5.29. The fraction of sp³-hybridized carbons (Fsp3) is 0.308. The minimum Gasteiger partial charge on any atom is -0.483 e. The number of benzene rings is 2. The molecule has 2 N–H and O–H groups in total. The van der Waals surface area contributed by atoms with Gasteiger partial charge < -0.3 is 20.1 Å². The molecular weight excluding hydrogens is 402 g/mol. The number of carbonyl (C=O) groups excluding carboxylic acids is 1. The Hall–Kier alpha value is -3.54. The molecule has 2 amide bonds. The van der Waals surface area contributed by atoms with Crippen molar-refractivity contribution in [2.75, 3.05) is 10.6 Å². The first kappa shape index (κ1) is 21.7. The molecule has 1 aliphatic heterocycles. The third kappa shape index (κ3) is 4.85. The fourth-order valence-corrected chi connectivity index (χ4v) is 3.68. The van der Waals surface area contributed by atoms with E-state index in [-0.39, 0.29) is 17.0 Å². The number of aromatic nitrogens is 1. The van der Waals surface area contributed by atoms with Gasteiger partial charge in [0, 0.05) is 23.9 Å². The van der Waals surface area contributed by atoms with E-state index in [0.29, 0.717) is 23.0 Å². The van der Waals surface area contributed by atoms with Crippen molar-refractivity contribution in [2.24, 2.45) is 0 Å². The second-order valence-corrected chi connectivity index (χ2v) is 9.65. The van der Waals surface area contributed by atoms with Crippen LogP contribution in [0, 0.1) is 0 Å². The molecule has 2 heterocycles. The number of pyridine rings is 1. The van der Waals surface area contributed by atoms with Crippen LogP contribution in [-0.2, 0) is 11.8 Å². The molecule has 1 aromatic heterocycles. The van der Waals surface area contributed by atoms with Crippen LogP contribution in [0.25, 0.3) is 0 Å². The highest BCUT2D eigenvalue weighted by Gasteiger charge is 2.32. The zero-order valence-corrected chi connectivity index (χ0v) is 19.2. The van der Waals surface area contributed by atoms with Gasteiger partial charge in [-0.3, -0.25) is 0 Å². The zero-order chi connectivity index (χ0) is 22.9. The van der Waals surface area contributed by atoms with Gasteiger partial charge in [0.2, 0.25) is 5.88 Å². The normalized spacial score (nSPS) is 14.3. The first-order valence-corrected chi connectivity index (χ1v) is 10.7. The largest absolute Gasteiger partial charge is 0.483 e. The lowest BCUT2D eigenvalue weighted by atomic mass is 9.87. The Labute approximate surface area is 189 Å². The number of ether oxygens (including phenoxy) is 2. The van der Waals surface area contributed by atoms with Crippen molar-refractivity contribution in [1.82, 2.24) is 4.98 Å². The van der Waals surface area contributed by atoms with E-state index in [1.165, 1.54) is 5.56 Å². The molecule has 0 aliphatic carbocycles. The minimum absolute atomic E-state index is 0.0548. The van der Waals surface area contributed by atoms with Gasteiger partial charge in [0.25, 0.3) is 0 Å². The molecule has 0 radical (unpaired) electrons. The number of fused-ring (bicyclic) bond motifs is 1. The van der Waals surface area contributed by atoms with Crippen LogP contribution in [0.2, 0.25) is 0 Å². The van der Waals surface area contributed by atoms with Gasteiger partial charge in [0.15, 0.2) is 11.5 Å². The van der Waals surface area contributed by atoms with Crippen molar-refractivity contribution >= 4 is 17.4 Å². The Morgan fingerprint density at radius 1 is 1.03 bits per heavy atom. The summed E-state index contributed by atoms with van der Waals surface area (Å²) in [5.74, 6) is 1.60. The molecule has 0 atom stereocenters. The Morgan fingerprint density at radius 3 is 2.50 bits per heavy atom. The van der Waals surface area contributed by atoms with E-state index in [2.05, 4.69) is 36.4 Å². The Morgan fingerprint density at radius 2 is 1.78 bits per heavy atom. The molecule has 3 aromatic rings. The Bertz CT molecular complexity index is 1130. The average Bonchev–Trinajstić information content (AvgIpc) is 3.04. The van der Waals surface area contributed by atoms with Crippen LogP contribution in [-0.4, -0.2) is 16.6 Å². The third-order valence-corrected chi connectivity index (χ3v) is 5.29. The Balaban J connectivity index is 1.48. The second-order valence-electron chi connectivity index (χ2n) is 9.65. The van der Waals surface area contributed by atoms with E-state index in [0.717, 1.165) is 17.7 Å². The smallest absolute Gasteiger partial charge is 0.323 e. The van der Waals surface area contributed by atoms with Crippen LogP contribution < -0.4 is 20.1 Å². The standard InChI is InChI=1S/C26H29N3O3/c1-25(2,3)18-11-13-19(14-12-18)28-24(30)29-20-9-7-15-27-23(20)31-21-10-6-8-17-16-26(4,5)32-22(17)21/h6-15H,16H2,1-5H3,(H2,28,29,30). The second kappa shape index (κ2) is 8.19. The van der Waals surface area contributed by atoms with Gasteiger partial charge >= 0.3 is 6.03 Å². The first-order valence-electron chi connectivity index (χ1n) is 10.7. The Kier molecular flexibility index (Phi) is 5.55. The van der Waals surface area contributed by atoms with Gasteiger partial charge in [-0.25, -0.2) is 9.78 Å². The van der Waals surface area contributed by atoms with Crippen molar-refractivity contribution in [1.29, 1.82) is 0 Å². The minimum atomic E-state index is -0.373. The monoisotopic (exact) mass is 431 g/mol. The molecule has 6 nitrogen and oxygen atoms in total. The quantitative estimate of drug-likeness (QED) is 0.493. The van der Waals surface area contributed by atoms with Crippen LogP contribution in [0.1, 0.15) is 45.7 Å². The maximum atomic E-state index is 12.6. The van der Waals surface area contributed by atoms with E-state index >= 15 is 0 Å². The number of hydrogen-bond acceptors (Lipinski definition) is 4. The maximum Gasteiger partial charge on any atom is 0.323 e. The van der Waals surface area contributed by atoms with Gasteiger partial charge in [0.1, 0.15) is 11.3 Å². The van der Waals surface area contributed by atoms with Crippen molar-refractivity contribution in [3.8, 4) is 17.4 Å². The molecule has 0 bridgehead atoms. The summed E-state index contributed by atoms with van der Waals surface area (Å²) in [5, 5.41) is 5.68. The van der Waals surface area contributed by atoms with E-state index in [1.807, 2.05) is 56.3 Å². The van der Waals surface area contributed by atoms with E-state index < -0.39 is 0 Å². The lowest BCUT2D eigenvalue weighted by molar-refractivity contribution is 0.135. The van der Waals surface area contributed by atoms with Crippen molar-refractivity contribution in [3.05, 3.63) is 71.9 Å². The summed E-state index contributed by atoms with van der Waals surface area (Å²) in [6.45, 7) is 10.5. The summed E-state index contributed by atoms with van der Waals surface area (Å²) < 4.78 is 12.1. The number of para-hydroxylation sites is 1. The number of urea groups is 1. The summed E-state index contributed by atoms with van der Waals surface area (Å²) >= 11 is 0. The van der Waals surface area contributed by atoms with Gasteiger partial charge in [-0.05, 0) is 55.2 Å². The van der Waals surface area contributed by atoms with E-state index in [9.17, 15) is 4.79 Å². The SMILES string of the molecule is CC1(C)Cc2cccc(Oc3ncccc3NC(=O)Nc3ccc(C(C)(C)C)cc3)c2O1. The number of rotatable bonds is 4. The van der Waals surface area contributed by atoms with Crippen molar-refractivity contribution in [3.63, 3.8) is 0 Å². The first-order chi connectivity index (χ1) is 15.1. The molecule has 2 aromatic carbocycles. The molecule has 0 saturated heterocycles. The number of carbonyl (C=O) groups is 1. The lowest BCUT2D eigenvalue weighted by Crippen LogP contribution is -2.24. The number of nitrogens with one attached hydrogen (secondary N) is 2. The molecule has 32 heavy (non-hydrogen) atoms. The van der Waals surface area contributed by atoms with Gasteiger partial charge in [-0.2, -0.15) is 0 Å². The van der Waals surface area contributed by atoms with Gasteiger partial charge in [-0.1, -0.05) is 45.0 Å². The number of nitrogens with zero attached hydrogens (tertiary/aromatic N) is 1. The van der Waals surface area contributed by atoms with Crippen LogP contribution in [0.4, 0.5) is 16.2 Å². The molecule has 4 rings (SSSR count). The summed E-state index contributed by atoms with van der Waals surface area (Å²) in [6, 6.07) is 16.8. The predicted octanol–water partition coefficient (Wildman–Crippen LogP) is 6.53. The summed E-state index contributed by atoms with van der Waals surface area (Å²) in [6.07, 6.45) is 2.43. The van der Waals surface area contributed by atoms with Crippen LogP contribution in [0.5, 0.6) is 17.4 Å². The zero-order valence-electron chi connectivity index (χ0n) is 19.2. The summed E-state index contributed by atoms with van der Waals surface area (Å²) in [7, 11) is 0. The fourth-order valence-electron chi connectivity index (χ4n) is 3.68. The van der Waals surface area contributed by atoms with E-state index in [4.69, 9.17) is 9.47 Å². The van der Waals surface area contributed by atoms with Crippen molar-refractivity contribution < 1.29 is 14.3 Å². The van der Waals surface area contributed by atoms with E-state index in [1.54, 1.807) is 18.3 Å². The molecule has 0 fully saturated rings. The number of hydrogen-bond donors (Lipinski definition) is 2. The molecule has 6 heteroatoms. The molecule has 1 aliphatic rings. The highest BCUT2D eigenvalue weighted by atomic mass is 16.5. The average molecular weight is 432 g/mol. The summed E-state index contributed by atoms with van der Waals surface area (Å²) in [4.78, 5) is 16.9. The molecule has 166 valence electrons. The highest BCUT2D eigenvalue weighted by Crippen LogP contribution is 2.43. The van der Waals surface area contributed by atoms with Crippen molar-refractivity contribution in [2.45, 2.75) is 52.1 Å². The summed E-state index contributed by atoms with van der Waals surface area (Å²) in [5.41, 5.74) is 3.24.